The summed E-state index contributed by atoms with van der Waals surface area (Å²) in [4.78, 5) is 24.8. The van der Waals surface area contributed by atoms with Gasteiger partial charge in [0.25, 0.3) is 0 Å². The van der Waals surface area contributed by atoms with E-state index in [9.17, 15) is 14.7 Å². The molecule has 2 aromatic rings. The predicted molar refractivity (Wildman–Crippen MR) is 103 cm³/mol. The second kappa shape index (κ2) is 6.93. The van der Waals surface area contributed by atoms with Crippen molar-refractivity contribution >= 4 is 11.8 Å². The number of ether oxygens (including phenoxy) is 1. The Kier molecular flexibility index (Phi) is 4.57. The highest BCUT2D eigenvalue weighted by Crippen LogP contribution is 2.55. The van der Waals surface area contributed by atoms with Crippen molar-refractivity contribution in [2.75, 3.05) is 6.61 Å². The molecule has 3 atom stereocenters. The van der Waals surface area contributed by atoms with Crippen molar-refractivity contribution in [1.82, 2.24) is 10.2 Å². The number of carbonyl (C=O) groups is 2. The number of carbonyl (C=O) groups excluding carboxylic acids is 2. The maximum Gasteiger partial charge on any atom is 0.338 e. The Hall–Kier alpha value is -2.89. The first-order valence-electron chi connectivity index (χ1n) is 9.70. The normalized spacial score (nSPS) is 27.9. The molecule has 0 radical (unpaired) electrons. The van der Waals surface area contributed by atoms with Gasteiger partial charge in [-0.1, -0.05) is 19.1 Å². The number of rotatable bonds is 3. The number of allylic oxidation sites excluding steroid dienone is 1. The van der Waals surface area contributed by atoms with Gasteiger partial charge in [0.2, 0.25) is 0 Å². The average Bonchev–Trinajstić information content (AvgIpc) is 3.20. The van der Waals surface area contributed by atoms with Crippen LogP contribution in [-0.2, 0) is 21.4 Å². The molecule has 1 heterocycles. The van der Waals surface area contributed by atoms with E-state index in [0.29, 0.717) is 24.2 Å². The van der Waals surface area contributed by atoms with Gasteiger partial charge in [-0.25, -0.2) is 4.79 Å². The minimum absolute atomic E-state index is 0.00855. The molecular weight excluding hydrogens is 356 g/mol. The van der Waals surface area contributed by atoms with E-state index in [1.165, 1.54) is 0 Å². The Morgan fingerprint density at radius 1 is 1.39 bits per heavy atom. The van der Waals surface area contributed by atoms with Gasteiger partial charge in [-0.05, 0) is 55.4 Å². The molecule has 146 valence electrons. The van der Waals surface area contributed by atoms with Gasteiger partial charge in [-0.3, -0.25) is 9.89 Å². The molecule has 6 nitrogen and oxygen atoms in total. The molecule has 0 unspecified atom stereocenters. The standard InChI is InChI=1S/C22H24N2O4/c1-3-28-21(27)14-4-7-17(8-5-14)22-10-16(12-25)19(26)13(2)18(22)9-6-15-11-23-24-20(15)22/h4-5,7-8,11-13,18,25H,3,6,9-10H2,1-2H3,(H,23,24)/t13-,18+,22-/m0/s1. The highest BCUT2D eigenvalue weighted by atomic mass is 16.5. The second-order valence-corrected chi connectivity index (χ2v) is 7.67. The highest BCUT2D eigenvalue weighted by Gasteiger charge is 2.54. The number of H-pyrrole nitrogens is 1. The largest absolute Gasteiger partial charge is 0.515 e. The fourth-order valence-electron chi connectivity index (χ4n) is 5.08. The molecule has 0 aliphatic heterocycles. The van der Waals surface area contributed by atoms with E-state index >= 15 is 0 Å². The molecule has 1 fully saturated rings. The van der Waals surface area contributed by atoms with Crippen LogP contribution in [0.15, 0.2) is 42.3 Å². The predicted octanol–water partition coefficient (Wildman–Crippen LogP) is 3.49. The summed E-state index contributed by atoms with van der Waals surface area (Å²) >= 11 is 0. The molecule has 28 heavy (non-hydrogen) atoms. The van der Waals surface area contributed by atoms with Gasteiger partial charge in [-0.15, -0.1) is 0 Å². The molecular formula is C22H24N2O4. The zero-order valence-electron chi connectivity index (χ0n) is 16.1. The Labute approximate surface area is 163 Å². The first-order valence-corrected chi connectivity index (χ1v) is 9.70. The molecule has 6 heteroatoms. The summed E-state index contributed by atoms with van der Waals surface area (Å²) in [6.07, 6.45) is 4.95. The van der Waals surface area contributed by atoms with Gasteiger partial charge < -0.3 is 9.84 Å². The second-order valence-electron chi connectivity index (χ2n) is 7.67. The lowest BCUT2D eigenvalue weighted by Crippen LogP contribution is -2.50. The van der Waals surface area contributed by atoms with E-state index in [1.54, 1.807) is 19.1 Å². The molecule has 2 N–H and O–H groups in total. The van der Waals surface area contributed by atoms with Crippen LogP contribution in [0, 0.1) is 11.8 Å². The van der Waals surface area contributed by atoms with Gasteiger partial charge >= 0.3 is 5.97 Å². The van der Waals surface area contributed by atoms with Crippen LogP contribution in [-0.4, -0.2) is 33.7 Å². The zero-order chi connectivity index (χ0) is 19.9. The van der Waals surface area contributed by atoms with Crippen LogP contribution in [0.3, 0.4) is 0 Å². The molecule has 4 rings (SSSR count). The van der Waals surface area contributed by atoms with Crippen LogP contribution in [0.5, 0.6) is 0 Å². The number of hydrogen-bond acceptors (Lipinski definition) is 5. The Morgan fingerprint density at radius 3 is 2.82 bits per heavy atom. The van der Waals surface area contributed by atoms with Crippen molar-refractivity contribution in [2.45, 2.75) is 38.5 Å². The van der Waals surface area contributed by atoms with Crippen molar-refractivity contribution in [1.29, 1.82) is 0 Å². The number of fused-ring (bicyclic) bond motifs is 3. The van der Waals surface area contributed by atoms with E-state index in [-0.39, 0.29) is 23.6 Å². The third-order valence-corrected chi connectivity index (χ3v) is 6.39. The lowest BCUT2D eigenvalue weighted by molar-refractivity contribution is -0.123. The number of aryl methyl sites for hydroxylation is 1. The van der Waals surface area contributed by atoms with Crippen LogP contribution in [0.4, 0.5) is 0 Å². The summed E-state index contributed by atoms with van der Waals surface area (Å²) in [7, 11) is 0. The average molecular weight is 380 g/mol. The van der Waals surface area contributed by atoms with Crippen molar-refractivity contribution in [3.05, 3.63) is 64.7 Å². The number of nitrogens with one attached hydrogen (secondary N) is 1. The summed E-state index contributed by atoms with van der Waals surface area (Å²) in [5, 5.41) is 17.2. The van der Waals surface area contributed by atoms with Crippen LogP contribution in [0.2, 0.25) is 0 Å². The first-order chi connectivity index (χ1) is 13.5. The number of Topliss-reactive ketones (excluding diaryl/α,β-unsaturated/α-hetero) is 1. The van der Waals surface area contributed by atoms with Gasteiger partial charge in [0.05, 0.1) is 24.6 Å². The molecule has 0 amide bonds. The maximum atomic E-state index is 12.7. The van der Waals surface area contributed by atoms with E-state index in [2.05, 4.69) is 10.2 Å². The zero-order valence-corrected chi connectivity index (χ0v) is 16.1. The topological polar surface area (TPSA) is 92.3 Å². The summed E-state index contributed by atoms with van der Waals surface area (Å²) in [5.74, 6) is -0.468. The van der Waals surface area contributed by atoms with E-state index in [0.717, 1.165) is 35.9 Å². The Morgan fingerprint density at radius 2 is 2.14 bits per heavy atom. The summed E-state index contributed by atoms with van der Waals surface area (Å²) in [6, 6.07) is 7.42. The molecule has 2 aliphatic carbocycles. The summed E-state index contributed by atoms with van der Waals surface area (Å²) < 4.78 is 5.09. The first kappa shape index (κ1) is 18.5. The number of aliphatic hydroxyl groups is 1. The van der Waals surface area contributed by atoms with Crippen molar-refractivity contribution in [3.8, 4) is 0 Å². The van der Waals surface area contributed by atoms with Crippen molar-refractivity contribution < 1.29 is 19.4 Å². The van der Waals surface area contributed by atoms with E-state index in [4.69, 9.17) is 4.74 Å². The third kappa shape index (κ3) is 2.58. The van der Waals surface area contributed by atoms with Gasteiger partial charge in [0.15, 0.2) is 5.78 Å². The smallest absolute Gasteiger partial charge is 0.338 e. The van der Waals surface area contributed by atoms with Crippen LogP contribution < -0.4 is 0 Å². The number of aromatic nitrogens is 2. The minimum Gasteiger partial charge on any atom is -0.515 e. The van der Waals surface area contributed by atoms with E-state index < -0.39 is 5.41 Å². The number of aliphatic hydroxyl groups excluding tert-OH is 1. The van der Waals surface area contributed by atoms with Crippen LogP contribution in [0.25, 0.3) is 0 Å². The minimum atomic E-state index is -0.487. The van der Waals surface area contributed by atoms with Gasteiger partial charge in [-0.2, -0.15) is 5.10 Å². The number of hydrogen-bond donors (Lipinski definition) is 2. The fraction of sp³-hybridized carbons (Fsp3) is 0.409. The molecule has 0 bridgehead atoms. The van der Waals surface area contributed by atoms with Crippen molar-refractivity contribution in [2.24, 2.45) is 11.8 Å². The summed E-state index contributed by atoms with van der Waals surface area (Å²) in [6.45, 7) is 4.05. The van der Waals surface area contributed by atoms with Gasteiger partial charge in [0, 0.05) is 22.6 Å². The SMILES string of the molecule is CCOC(=O)c1ccc([C@@]23CC(=CO)C(=O)[C@@H](C)[C@H]2CCc2cn[nH]c23)cc1. The van der Waals surface area contributed by atoms with Crippen LogP contribution >= 0.6 is 0 Å². The molecule has 1 aromatic heterocycles. The highest BCUT2D eigenvalue weighted by molar-refractivity contribution is 5.98. The molecule has 1 saturated carbocycles. The Bertz CT molecular complexity index is 944. The lowest BCUT2D eigenvalue weighted by Gasteiger charge is -2.50. The maximum absolute atomic E-state index is 12.7. The third-order valence-electron chi connectivity index (χ3n) is 6.39. The lowest BCUT2D eigenvalue weighted by atomic mass is 9.52. The molecule has 2 aliphatic rings. The summed E-state index contributed by atoms with van der Waals surface area (Å²) in [5.41, 5.74) is 3.60. The molecule has 1 aromatic carbocycles. The Balaban J connectivity index is 1.86. The number of nitrogens with zero attached hydrogens (tertiary/aromatic N) is 1. The number of aromatic amines is 1. The monoisotopic (exact) mass is 380 g/mol. The quantitative estimate of drug-likeness (QED) is 0.483. The fourth-order valence-corrected chi connectivity index (χ4v) is 5.08. The van der Waals surface area contributed by atoms with E-state index in [1.807, 2.05) is 25.3 Å². The van der Waals surface area contributed by atoms with Crippen LogP contribution in [0.1, 0.15) is 53.9 Å². The molecule has 0 spiro atoms. The molecule has 0 saturated heterocycles. The number of benzene rings is 1. The van der Waals surface area contributed by atoms with Gasteiger partial charge in [0.1, 0.15) is 0 Å². The van der Waals surface area contributed by atoms with Crippen molar-refractivity contribution in [3.63, 3.8) is 0 Å². The number of esters is 1. The number of ketones is 1.